The van der Waals surface area contributed by atoms with Gasteiger partial charge in [0.15, 0.2) is 10.3 Å². The molecule has 8 nitrogen and oxygen atoms in total. The third-order valence-corrected chi connectivity index (χ3v) is 6.10. The molecule has 0 saturated heterocycles. The first-order chi connectivity index (χ1) is 15.3. The van der Waals surface area contributed by atoms with Gasteiger partial charge in [-0.1, -0.05) is 35.5 Å². The number of amides is 1. The molecule has 0 radical (unpaired) electrons. The predicted molar refractivity (Wildman–Crippen MR) is 129 cm³/mol. The molecule has 1 amide bonds. The normalized spacial score (nSPS) is 11.0. The number of aromatic nitrogens is 5. The summed E-state index contributed by atoms with van der Waals surface area (Å²) in [4.78, 5) is 23.3. The van der Waals surface area contributed by atoms with Crippen molar-refractivity contribution in [3.05, 3.63) is 59.3 Å². The minimum atomic E-state index is -0.209. The highest BCUT2D eigenvalue weighted by Crippen LogP contribution is 2.30. The lowest BCUT2D eigenvalue weighted by molar-refractivity contribution is -0.113. The second-order valence-electron chi connectivity index (χ2n) is 7.38. The number of nitrogens with zero attached hydrogens (tertiary/aromatic N) is 6. The zero-order chi connectivity index (χ0) is 22.8. The molecule has 0 saturated carbocycles. The van der Waals surface area contributed by atoms with Gasteiger partial charge < -0.3 is 10.2 Å². The maximum atomic E-state index is 12.5. The van der Waals surface area contributed by atoms with Gasteiger partial charge in [-0.05, 0) is 38.1 Å². The number of carbonyl (C=O) groups is 1. The molecule has 0 spiro atoms. The van der Waals surface area contributed by atoms with Gasteiger partial charge in [-0.15, -0.1) is 10.2 Å². The van der Waals surface area contributed by atoms with Crippen LogP contribution in [0, 0.1) is 13.8 Å². The Morgan fingerprint density at radius 2 is 2.00 bits per heavy atom. The lowest BCUT2D eigenvalue weighted by Gasteiger charge is -2.17. The summed E-state index contributed by atoms with van der Waals surface area (Å²) in [5.41, 5.74) is 4.20. The van der Waals surface area contributed by atoms with Crippen LogP contribution in [0.3, 0.4) is 0 Å². The van der Waals surface area contributed by atoms with E-state index in [1.165, 1.54) is 11.8 Å². The van der Waals surface area contributed by atoms with E-state index in [1.54, 1.807) is 18.3 Å². The second kappa shape index (κ2) is 9.13. The first-order valence-electron chi connectivity index (χ1n) is 9.88. The monoisotopic (exact) mass is 467 g/mol. The van der Waals surface area contributed by atoms with E-state index in [0.717, 1.165) is 28.0 Å². The van der Waals surface area contributed by atoms with Gasteiger partial charge in [-0.2, -0.15) is 0 Å². The van der Waals surface area contributed by atoms with Crippen LogP contribution in [0.25, 0.3) is 16.6 Å². The third-order valence-electron chi connectivity index (χ3n) is 4.87. The van der Waals surface area contributed by atoms with Crippen LogP contribution in [0.4, 0.5) is 11.4 Å². The summed E-state index contributed by atoms with van der Waals surface area (Å²) in [6.07, 6.45) is 1.57. The number of carbonyl (C=O) groups excluding carboxylic acids is 1. The van der Waals surface area contributed by atoms with Crippen LogP contribution in [0.2, 0.25) is 5.15 Å². The Bertz CT molecular complexity index is 1300. The Labute approximate surface area is 195 Å². The smallest absolute Gasteiger partial charge is 0.234 e. The highest BCUT2D eigenvalue weighted by Gasteiger charge is 2.17. The highest BCUT2D eigenvalue weighted by molar-refractivity contribution is 7.99. The number of benzene rings is 1. The molecule has 0 bridgehead atoms. The maximum absolute atomic E-state index is 12.5. The molecule has 1 N–H and O–H groups in total. The standard InChI is InChI=1S/C22H22ClN7OS/c1-13-18(29(3)4)11-15-7-5-9-17(20(15)25-13)30-14(2)27-28-22(30)32-12-19(31)26-16-8-6-10-24-21(16)23/h5-11H,12H2,1-4H3,(H,26,31). The van der Waals surface area contributed by atoms with E-state index in [1.807, 2.05) is 55.6 Å². The van der Waals surface area contributed by atoms with E-state index in [2.05, 4.69) is 26.6 Å². The molecule has 32 heavy (non-hydrogen) atoms. The van der Waals surface area contributed by atoms with Crippen molar-refractivity contribution in [3.63, 3.8) is 0 Å². The zero-order valence-corrected chi connectivity index (χ0v) is 19.7. The quantitative estimate of drug-likeness (QED) is 0.334. The Morgan fingerprint density at radius 3 is 2.75 bits per heavy atom. The molecule has 4 aromatic rings. The van der Waals surface area contributed by atoms with E-state index in [4.69, 9.17) is 16.6 Å². The fraction of sp³-hybridized carbons (Fsp3) is 0.227. The molecule has 3 heterocycles. The number of para-hydroxylation sites is 1. The highest BCUT2D eigenvalue weighted by atomic mass is 35.5. The molecule has 0 atom stereocenters. The van der Waals surface area contributed by atoms with Crippen LogP contribution in [0.15, 0.2) is 47.8 Å². The van der Waals surface area contributed by atoms with Crippen LogP contribution in [-0.2, 0) is 4.79 Å². The summed E-state index contributed by atoms with van der Waals surface area (Å²) in [7, 11) is 4.00. The topological polar surface area (TPSA) is 88.8 Å². The molecule has 0 aliphatic carbocycles. The van der Waals surface area contributed by atoms with Gasteiger partial charge in [0, 0.05) is 25.7 Å². The van der Waals surface area contributed by atoms with Gasteiger partial charge in [0.1, 0.15) is 5.82 Å². The average Bonchev–Trinajstić information content (AvgIpc) is 3.13. The molecule has 0 aliphatic heterocycles. The Balaban J connectivity index is 1.63. The summed E-state index contributed by atoms with van der Waals surface area (Å²) in [6, 6.07) is 11.6. The minimum Gasteiger partial charge on any atom is -0.376 e. The lowest BCUT2D eigenvalue weighted by Crippen LogP contribution is -2.15. The number of anilines is 2. The van der Waals surface area contributed by atoms with Gasteiger partial charge in [-0.25, -0.2) is 9.97 Å². The van der Waals surface area contributed by atoms with E-state index in [9.17, 15) is 4.79 Å². The molecule has 164 valence electrons. The number of nitrogens with one attached hydrogen (secondary N) is 1. The van der Waals surface area contributed by atoms with Gasteiger partial charge in [0.2, 0.25) is 5.91 Å². The largest absolute Gasteiger partial charge is 0.376 e. The number of aryl methyl sites for hydroxylation is 2. The summed E-state index contributed by atoms with van der Waals surface area (Å²) in [5.74, 6) is 0.650. The number of rotatable bonds is 6. The van der Waals surface area contributed by atoms with Gasteiger partial charge >= 0.3 is 0 Å². The van der Waals surface area contributed by atoms with E-state index >= 15 is 0 Å². The van der Waals surface area contributed by atoms with E-state index < -0.39 is 0 Å². The van der Waals surface area contributed by atoms with Gasteiger partial charge in [0.25, 0.3) is 0 Å². The number of hydrogen-bond donors (Lipinski definition) is 1. The lowest BCUT2D eigenvalue weighted by atomic mass is 10.1. The Morgan fingerprint density at radius 1 is 1.19 bits per heavy atom. The van der Waals surface area contributed by atoms with E-state index in [0.29, 0.717) is 16.7 Å². The number of hydrogen-bond acceptors (Lipinski definition) is 7. The molecule has 0 aliphatic rings. The number of thioether (sulfide) groups is 1. The van der Waals surface area contributed by atoms with Gasteiger partial charge in [-0.3, -0.25) is 9.36 Å². The second-order valence-corrected chi connectivity index (χ2v) is 8.68. The fourth-order valence-electron chi connectivity index (χ4n) is 3.41. The molecule has 0 unspecified atom stereocenters. The Kier molecular flexibility index (Phi) is 6.29. The first-order valence-corrected chi connectivity index (χ1v) is 11.2. The zero-order valence-electron chi connectivity index (χ0n) is 18.1. The van der Waals surface area contributed by atoms with Crippen molar-refractivity contribution in [2.45, 2.75) is 19.0 Å². The van der Waals surface area contributed by atoms with Crippen molar-refractivity contribution in [1.82, 2.24) is 24.7 Å². The summed E-state index contributed by atoms with van der Waals surface area (Å²) >= 11 is 7.32. The van der Waals surface area contributed by atoms with Crippen LogP contribution >= 0.6 is 23.4 Å². The summed E-state index contributed by atoms with van der Waals surface area (Å²) in [5, 5.41) is 13.2. The van der Waals surface area contributed by atoms with Crippen molar-refractivity contribution in [3.8, 4) is 5.69 Å². The van der Waals surface area contributed by atoms with Crippen molar-refractivity contribution < 1.29 is 4.79 Å². The first kappa shape index (κ1) is 22.0. The number of fused-ring (bicyclic) bond motifs is 1. The van der Waals surface area contributed by atoms with Crippen molar-refractivity contribution in [2.75, 3.05) is 30.1 Å². The summed E-state index contributed by atoms with van der Waals surface area (Å²) < 4.78 is 1.93. The van der Waals surface area contributed by atoms with Crippen LogP contribution in [0.5, 0.6) is 0 Å². The van der Waals surface area contributed by atoms with Crippen LogP contribution in [-0.4, -0.2) is 50.5 Å². The molecule has 3 aromatic heterocycles. The molecular formula is C22H22ClN7OS. The maximum Gasteiger partial charge on any atom is 0.234 e. The average molecular weight is 468 g/mol. The summed E-state index contributed by atoms with van der Waals surface area (Å²) in [6.45, 7) is 3.88. The number of halogens is 1. The van der Waals surface area contributed by atoms with Crippen molar-refractivity contribution in [1.29, 1.82) is 0 Å². The van der Waals surface area contributed by atoms with Crippen molar-refractivity contribution in [2.24, 2.45) is 0 Å². The third kappa shape index (κ3) is 4.39. The van der Waals surface area contributed by atoms with E-state index in [-0.39, 0.29) is 16.8 Å². The SMILES string of the molecule is Cc1nc2c(-n3c(C)nnc3SCC(=O)Nc3cccnc3Cl)cccc2cc1N(C)C. The molecule has 4 rings (SSSR count). The van der Waals surface area contributed by atoms with Crippen LogP contribution < -0.4 is 10.2 Å². The molecule has 1 aromatic carbocycles. The number of pyridine rings is 2. The fourth-order valence-corrected chi connectivity index (χ4v) is 4.36. The van der Waals surface area contributed by atoms with Crippen molar-refractivity contribution >= 4 is 51.5 Å². The molecule has 10 heteroatoms. The molecular weight excluding hydrogens is 446 g/mol. The molecule has 0 fully saturated rings. The Hall–Kier alpha value is -3.17. The van der Waals surface area contributed by atoms with Crippen LogP contribution in [0.1, 0.15) is 11.5 Å². The van der Waals surface area contributed by atoms with Gasteiger partial charge in [0.05, 0.1) is 34.0 Å². The predicted octanol–water partition coefficient (Wildman–Crippen LogP) is 4.28. The minimum absolute atomic E-state index is 0.144.